The quantitative estimate of drug-likeness (QED) is 0.569. The molecule has 0 radical (unpaired) electrons. The van der Waals surface area contributed by atoms with Crippen molar-refractivity contribution < 1.29 is 23.4 Å². The third-order valence-electron chi connectivity index (χ3n) is 2.53. The van der Waals surface area contributed by atoms with Crippen LogP contribution in [0.15, 0.2) is 4.90 Å². The van der Waals surface area contributed by atoms with Gasteiger partial charge in [-0.05, 0) is 6.92 Å². The number of aromatic nitrogens is 2. The molecule has 0 fully saturated rings. The van der Waals surface area contributed by atoms with Crippen molar-refractivity contribution in [3.8, 4) is 0 Å². The Labute approximate surface area is 110 Å². The Kier molecular flexibility index (Phi) is 4.33. The zero-order valence-corrected chi connectivity index (χ0v) is 11.7. The number of nitrogens with zero attached hydrogens (tertiary/aromatic N) is 1. The molecule has 1 aromatic rings. The average molecular weight is 291 g/mol. The summed E-state index contributed by atoms with van der Waals surface area (Å²) in [6, 6.07) is 0. The number of aliphatic hydroxyl groups excluding tert-OH is 1. The first-order valence-corrected chi connectivity index (χ1v) is 6.98. The summed E-state index contributed by atoms with van der Waals surface area (Å²) in [7, 11) is -4.00. The molecule has 0 saturated heterocycles. The molecule has 0 aliphatic rings. The number of hydrogen-bond donors (Lipinski definition) is 4. The summed E-state index contributed by atoms with van der Waals surface area (Å²) >= 11 is 0. The molecule has 0 saturated carbocycles. The maximum atomic E-state index is 12.1. The van der Waals surface area contributed by atoms with E-state index in [9.17, 15) is 13.2 Å². The first kappa shape index (κ1) is 15.6. The molecule has 108 valence electrons. The van der Waals surface area contributed by atoms with Crippen LogP contribution in [-0.4, -0.2) is 47.9 Å². The Morgan fingerprint density at radius 1 is 1.47 bits per heavy atom. The summed E-state index contributed by atoms with van der Waals surface area (Å²) in [6.07, 6.45) is 0. The lowest BCUT2D eigenvalue weighted by atomic mass is 9.96. The number of aromatic carboxylic acids is 1. The minimum absolute atomic E-state index is 0.0183. The van der Waals surface area contributed by atoms with Crippen molar-refractivity contribution in [3.63, 3.8) is 0 Å². The van der Waals surface area contributed by atoms with Crippen molar-refractivity contribution in [1.29, 1.82) is 0 Å². The second-order valence-electron chi connectivity index (χ2n) is 4.98. The summed E-state index contributed by atoms with van der Waals surface area (Å²) in [5.74, 6) is -1.42. The van der Waals surface area contributed by atoms with Crippen molar-refractivity contribution in [2.75, 3.05) is 13.2 Å². The van der Waals surface area contributed by atoms with Crippen molar-refractivity contribution in [3.05, 3.63) is 11.4 Å². The molecule has 0 atom stereocenters. The summed E-state index contributed by atoms with van der Waals surface area (Å²) < 4.78 is 26.4. The topological polar surface area (TPSA) is 132 Å². The monoisotopic (exact) mass is 291 g/mol. The van der Waals surface area contributed by atoms with E-state index in [1.807, 2.05) is 0 Å². The highest BCUT2D eigenvalue weighted by Gasteiger charge is 2.29. The lowest BCUT2D eigenvalue weighted by Gasteiger charge is -2.21. The van der Waals surface area contributed by atoms with Gasteiger partial charge in [-0.15, -0.1) is 0 Å². The van der Waals surface area contributed by atoms with Crippen LogP contribution in [0.4, 0.5) is 0 Å². The van der Waals surface area contributed by atoms with Gasteiger partial charge in [0.25, 0.3) is 0 Å². The van der Waals surface area contributed by atoms with Gasteiger partial charge < -0.3 is 10.2 Å². The smallest absolute Gasteiger partial charge is 0.357 e. The molecule has 4 N–H and O–H groups in total. The van der Waals surface area contributed by atoms with Crippen molar-refractivity contribution >= 4 is 16.0 Å². The number of rotatable bonds is 6. The van der Waals surface area contributed by atoms with Crippen LogP contribution in [-0.2, 0) is 10.0 Å². The molecule has 1 heterocycles. The fraction of sp³-hybridized carbons (Fsp3) is 0.600. The van der Waals surface area contributed by atoms with Gasteiger partial charge in [0.1, 0.15) is 4.90 Å². The van der Waals surface area contributed by atoms with Crippen LogP contribution < -0.4 is 4.72 Å². The van der Waals surface area contributed by atoms with Gasteiger partial charge in [-0.2, -0.15) is 5.10 Å². The molecule has 19 heavy (non-hydrogen) atoms. The average Bonchev–Trinajstić information content (AvgIpc) is 2.70. The van der Waals surface area contributed by atoms with Crippen LogP contribution in [0.5, 0.6) is 0 Å². The van der Waals surface area contributed by atoms with E-state index in [1.54, 1.807) is 13.8 Å². The minimum Gasteiger partial charge on any atom is -0.476 e. The zero-order chi connectivity index (χ0) is 14.8. The third-order valence-corrected chi connectivity index (χ3v) is 4.09. The Balaban J connectivity index is 3.08. The van der Waals surface area contributed by atoms with Crippen LogP contribution >= 0.6 is 0 Å². The van der Waals surface area contributed by atoms with Gasteiger partial charge in [0.05, 0.1) is 5.69 Å². The van der Waals surface area contributed by atoms with E-state index in [0.717, 1.165) is 0 Å². The van der Waals surface area contributed by atoms with Crippen LogP contribution in [0.3, 0.4) is 0 Å². The predicted octanol–water partition coefficient (Wildman–Crippen LogP) is -0.287. The molecule has 8 nitrogen and oxygen atoms in total. The molecule has 1 aromatic heterocycles. The Bertz CT molecular complexity index is 576. The molecule has 0 aliphatic heterocycles. The van der Waals surface area contributed by atoms with Crippen LogP contribution in [0.2, 0.25) is 0 Å². The SMILES string of the molecule is Cc1[nH]nc(C(=O)O)c1S(=O)(=O)NCC(C)(C)CO. The molecule has 0 bridgehead atoms. The normalized spacial score (nSPS) is 12.6. The lowest BCUT2D eigenvalue weighted by Crippen LogP contribution is -2.36. The fourth-order valence-corrected chi connectivity index (χ4v) is 2.87. The number of hydrogen-bond acceptors (Lipinski definition) is 5. The van der Waals surface area contributed by atoms with Gasteiger partial charge in [-0.3, -0.25) is 5.10 Å². The van der Waals surface area contributed by atoms with Gasteiger partial charge in [0, 0.05) is 18.6 Å². The van der Waals surface area contributed by atoms with E-state index in [-0.39, 0.29) is 23.7 Å². The van der Waals surface area contributed by atoms with Gasteiger partial charge >= 0.3 is 5.97 Å². The Hall–Kier alpha value is -1.45. The van der Waals surface area contributed by atoms with E-state index in [2.05, 4.69) is 14.9 Å². The van der Waals surface area contributed by atoms with Crippen molar-refractivity contribution in [1.82, 2.24) is 14.9 Å². The maximum absolute atomic E-state index is 12.1. The van der Waals surface area contributed by atoms with Crippen molar-refractivity contribution in [2.24, 2.45) is 5.41 Å². The summed E-state index contributed by atoms with van der Waals surface area (Å²) in [5.41, 5.74) is -1.05. The van der Waals surface area contributed by atoms with Crippen LogP contribution in [0, 0.1) is 12.3 Å². The van der Waals surface area contributed by atoms with Gasteiger partial charge in [0.2, 0.25) is 10.0 Å². The van der Waals surface area contributed by atoms with Crippen molar-refractivity contribution in [2.45, 2.75) is 25.7 Å². The van der Waals surface area contributed by atoms with Crippen LogP contribution in [0.25, 0.3) is 0 Å². The molecule has 0 spiro atoms. The number of nitrogens with one attached hydrogen (secondary N) is 2. The molecular weight excluding hydrogens is 274 g/mol. The molecule has 0 aliphatic carbocycles. The standard InChI is InChI=1S/C10H17N3O5S/c1-6-8(7(9(15)16)13-12-6)19(17,18)11-4-10(2,3)5-14/h11,14H,4-5H2,1-3H3,(H,12,13)(H,15,16). The fourth-order valence-electron chi connectivity index (χ4n) is 1.31. The first-order chi connectivity index (χ1) is 8.60. The number of H-pyrrole nitrogens is 1. The van der Waals surface area contributed by atoms with E-state index in [0.29, 0.717) is 0 Å². The molecular formula is C10H17N3O5S. The molecule has 0 amide bonds. The predicted molar refractivity (Wildman–Crippen MR) is 66.3 cm³/mol. The number of aromatic amines is 1. The highest BCUT2D eigenvalue weighted by Crippen LogP contribution is 2.19. The molecule has 9 heteroatoms. The van der Waals surface area contributed by atoms with E-state index in [4.69, 9.17) is 10.2 Å². The second kappa shape index (κ2) is 5.27. The van der Waals surface area contributed by atoms with E-state index >= 15 is 0 Å². The lowest BCUT2D eigenvalue weighted by molar-refractivity contribution is 0.0686. The largest absolute Gasteiger partial charge is 0.476 e. The zero-order valence-electron chi connectivity index (χ0n) is 10.9. The minimum atomic E-state index is -4.00. The summed E-state index contributed by atoms with van der Waals surface area (Å²) in [4.78, 5) is 10.5. The van der Waals surface area contributed by atoms with Gasteiger partial charge in [-0.25, -0.2) is 17.9 Å². The Morgan fingerprint density at radius 3 is 2.53 bits per heavy atom. The highest BCUT2D eigenvalue weighted by atomic mass is 32.2. The number of sulfonamides is 1. The summed E-state index contributed by atoms with van der Waals surface area (Å²) in [6.45, 7) is 4.55. The van der Waals surface area contributed by atoms with E-state index < -0.39 is 27.1 Å². The maximum Gasteiger partial charge on any atom is 0.357 e. The molecule has 0 unspecified atom stereocenters. The number of carboxylic acid groups (broad SMARTS) is 1. The highest BCUT2D eigenvalue weighted by molar-refractivity contribution is 7.89. The van der Waals surface area contributed by atoms with E-state index in [1.165, 1.54) is 6.92 Å². The van der Waals surface area contributed by atoms with Gasteiger partial charge in [0.15, 0.2) is 5.69 Å². The van der Waals surface area contributed by atoms with Gasteiger partial charge in [-0.1, -0.05) is 13.8 Å². The third kappa shape index (κ3) is 3.52. The number of aryl methyl sites for hydroxylation is 1. The summed E-state index contributed by atoms with van der Waals surface area (Å²) in [5, 5.41) is 23.8. The number of carbonyl (C=O) groups is 1. The second-order valence-corrected chi connectivity index (χ2v) is 6.68. The molecule has 1 rings (SSSR count). The number of carboxylic acids is 1. The van der Waals surface area contributed by atoms with Crippen LogP contribution in [0.1, 0.15) is 30.0 Å². The molecule has 0 aromatic carbocycles. The first-order valence-electron chi connectivity index (χ1n) is 5.49. The number of aliphatic hydroxyl groups is 1. The Morgan fingerprint density at radius 2 is 2.05 bits per heavy atom.